The van der Waals surface area contributed by atoms with Crippen LogP contribution in [0.25, 0.3) is 0 Å². The fourth-order valence-corrected chi connectivity index (χ4v) is 3.00. The molecule has 1 aromatic rings. The maximum absolute atomic E-state index is 6.21. The van der Waals surface area contributed by atoms with Crippen molar-refractivity contribution in [3.05, 3.63) is 35.4 Å². The van der Waals surface area contributed by atoms with E-state index in [1.807, 2.05) is 0 Å². The molecule has 19 heavy (non-hydrogen) atoms. The van der Waals surface area contributed by atoms with E-state index in [0.29, 0.717) is 12.1 Å². The number of benzene rings is 1. The van der Waals surface area contributed by atoms with Crippen LogP contribution in [0.4, 0.5) is 0 Å². The Morgan fingerprint density at radius 3 is 2.95 bits per heavy atom. The first kappa shape index (κ1) is 14.5. The van der Waals surface area contributed by atoms with E-state index in [-0.39, 0.29) is 0 Å². The van der Waals surface area contributed by atoms with Gasteiger partial charge in [-0.05, 0) is 43.4 Å². The Balaban J connectivity index is 1.92. The topological polar surface area (TPSA) is 21.3 Å². The van der Waals surface area contributed by atoms with E-state index in [9.17, 15) is 0 Å². The first-order chi connectivity index (χ1) is 9.35. The number of hydrogen-bond acceptors (Lipinski definition) is 2. The fraction of sp³-hybridized carbons (Fsp3) is 0.647. The lowest BCUT2D eigenvalue weighted by Gasteiger charge is -2.28. The zero-order chi connectivity index (χ0) is 13.5. The molecule has 0 spiro atoms. The SMILES string of the molecule is CCCC(COC1CCCc2ccccc21)NCC. The fourth-order valence-electron chi connectivity index (χ4n) is 3.00. The van der Waals surface area contributed by atoms with Crippen molar-refractivity contribution in [3.8, 4) is 0 Å². The van der Waals surface area contributed by atoms with Gasteiger partial charge in [0.05, 0.1) is 12.7 Å². The number of ether oxygens (including phenoxy) is 1. The summed E-state index contributed by atoms with van der Waals surface area (Å²) in [7, 11) is 0. The molecule has 0 aromatic heterocycles. The molecule has 2 nitrogen and oxygen atoms in total. The van der Waals surface area contributed by atoms with Crippen molar-refractivity contribution >= 4 is 0 Å². The van der Waals surface area contributed by atoms with Gasteiger partial charge in [0, 0.05) is 6.04 Å². The number of fused-ring (bicyclic) bond motifs is 1. The summed E-state index contributed by atoms with van der Waals surface area (Å²) in [6, 6.07) is 9.26. The van der Waals surface area contributed by atoms with Crippen LogP contribution in [0.3, 0.4) is 0 Å². The lowest BCUT2D eigenvalue weighted by atomic mass is 9.89. The minimum atomic E-state index is 0.308. The largest absolute Gasteiger partial charge is 0.372 e. The molecular weight excluding hydrogens is 234 g/mol. The summed E-state index contributed by atoms with van der Waals surface area (Å²) in [5, 5.41) is 3.52. The monoisotopic (exact) mass is 261 g/mol. The van der Waals surface area contributed by atoms with Crippen LogP contribution in [0.1, 0.15) is 56.8 Å². The van der Waals surface area contributed by atoms with Gasteiger partial charge < -0.3 is 10.1 Å². The first-order valence-corrected chi connectivity index (χ1v) is 7.78. The van der Waals surface area contributed by atoms with Crippen LogP contribution in [0.2, 0.25) is 0 Å². The first-order valence-electron chi connectivity index (χ1n) is 7.78. The molecule has 1 N–H and O–H groups in total. The van der Waals surface area contributed by atoms with E-state index in [2.05, 4.69) is 43.4 Å². The van der Waals surface area contributed by atoms with Crippen molar-refractivity contribution in [1.29, 1.82) is 0 Å². The molecule has 2 heteroatoms. The molecule has 0 saturated heterocycles. The third kappa shape index (κ3) is 4.05. The van der Waals surface area contributed by atoms with Gasteiger partial charge in [-0.2, -0.15) is 0 Å². The number of likely N-dealkylation sites (N-methyl/N-ethyl adjacent to an activating group) is 1. The highest BCUT2D eigenvalue weighted by Gasteiger charge is 2.21. The Hall–Kier alpha value is -0.860. The normalized spacial score (nSPS) is 20.0. The minimum Gasteiger partial charge on any atom is -0.372 e. The van der Waals surface area contributed by atoms with E-state index in [4.69, 9.17) is 4.74 Å². The van der Waals surface area contributed by atoms with Crippen molar-refractivity contribution in [2.75, 3.05) is 13.2 Å². The van der Waals surface area contributed by atoms with Crippen LogP contribution in [0.5, 0.6) is 0 Å². The molecule has 1 aliphatic rings. The molecule has 2 unspecified atom stereocenters. The molecule has 0 bridgehead atoms. The second kappa shape index (κ2) is 7.66. The molecule has 0 aliphatic heterocycles. The quantitative estimate of drug-likeness (QED) is 0.804. The van der Waals surface area contributed by atoms with Crippen LogP contribution in [0.15, 0.2) is 24.3 Å². The second-order valence-corrected chi connectivity index (χ2v) is 5.46. The van der Waals surface area contributed by atoms with E-state index in [0.717, 1.165) is 13.2 Å². The summed E-state index contributed by atoms with van der Waals surface area (Å²) in [4.78, 5) is 0. The Labute approximate surface area is 117 Å². The van der Waals surface area contributed by atoms with E-state index >= 15 is 0 Å². The zero-order valence-electron chi connectivity index (χ0n) is 12.3. The summed E-state index contributed by atoms with van der Waals surface area (Å²) in [5.41, 5.74) is 2.90. The van der Waals surface area contributed by atoms with Crippen LogP contribution in [0, 0.1) is 0 Å². The zero-order valence-corrected chi connectivity index (χ0v) is 12.3. The Morgan fingerprint density at radius 1 is 1.32 bits per heavy atom. The number of rotatable bonds is 7. The highest BCUT2D eigenvalue weighted by molar-refractivity contribution is 5.31. The van der Waals surface area contributed by atoms with Gasteiger partial charge in [0.25, 0.3) is 0 Å². The second-order valence-electron chi connectivity index (χ2n) is 5.46. The molecule has 0 fully saturated rings. The van der Waals surface area contributed by atoms with Gasteiger partial charge >= 0.3 is 0 Å². The molecular formula is C17H27NO. The summed E-state index contributed by atoms with van der Waals surface area (Å²) >= 11 is 0. The molecule has 1 aromatic carbocycles. The standard InChI is InChI=1S/C17H27NO/c1-3-8-15(18-4-2)13-19-17-12-7-10-14-9-5-6-11-16(14)17/h5-6,9,11,15,17-18H,3-4,7-8,10,12-13H2,1-2H3. The predicted octanol–water partition coefficient (Wildman–Crippen LogP) is 3.86. The summed E-state index contributed by atoms with van der Waals surface area (Å²) in [6.07, 6.45) is 6.35. The molecule has 0 radical (unpaired) electrons. The lowest BCUT2D eigenvalue weighted by molar-refractivity contribution is 0.0254. The van der Waals surface area contributed by atoms with Crippen molar-refractivity contribution in [2.24, 2.45) is 0 Å². The third-order valence-electron chi connectivity index (χ3n) is 3.94. The molecule has 1 aliphatic carbocycles. The maximum Gasteiger partial charge on any atom is 0.0828 e. The van der Waals surface area contributed by atoms with Crippen LogP contribution < -0.4 is 5.32 Å². The minimum absolute atomic E-state index is 0.308. The number of nitrogens with one attached hydrogen (secondary N) is 1. The third-order valence-corrected chi connectivity index (χ3v) is 3.94. The summed E-state index contributed by atoms with van der Waals surface area (Å²) < 4.78 is 6.21. The number of hydrogen-bond donors (Lipinski definition) is 1. The summed E-state index contributed by atoms with van der Waals surface area (Å²) in [5.74, 6) is 0. The Bertz CT molecular complexity index is 371. The highest BCUT2D eigenvalue weighted by atomic mass is 16.5. The van der Waals surface area contributed by atoms with Gasteiger partial charge in [0.1, 0.15) is 0 Å². The average molecular weight is 261 g/mol. The number of aryl methyl sites for hydroxylation is 1. The van der Waals surface area contributed by atoms with E-state index in [1.165, 1.54) is 43.2 Å². The average Bonchev–Trinajstić information content (AvgIpc) is 2.45. The van der Waals surface area contributed by atoms with E-state index in [1.54, 1.807) is 0 Å². The predicted molar refractivity (Wildman–Crippen MR) is 80.4 cm³/mol. The molecule has 0 amide bonds. The van der Waals surface area contributed by atoms with Gasteiger partial charge in [-0.1, -0.05) is 44.5 Å². The van der Waals surface area contributed by atoms with Crippen LogP contribution in [-0.2, 0) is 11.2 Å². The van der Waals surface area contributed by atoms with Crippen molar-refractivity contribution in [1.82, 2.24) is 5.32 Å². The molecule has 106 valence electrons. The van der Waals surface area contributed by atoms with Crippen LogP contribution >= 0.6 is 0 Å². The van der Waals surface area contributed by atoms with Crippen molar-refractivity contribution < 1.29 is 4.74 Å². The molecule has 2 rings (SSSR count). The smallest absolute Gasteiger partial charge is 0.0828 e. The van der Waals surface area contributed by atoms with Crippen molar-refractivity contribution in [2.45, 2.75) is 58.1 Å². The van der Waals surface area contributed by atoms with E-state index < -0.39 is 0 Å². The highest BCUT2D eigenvalue weighted by Crippen LogP contribution is 2.32. The van der Waals surface area contributed by atoms with Gasteiger partial charge in [-0.3, -0.25) is 0 Å². The van der Waals surface area contributed by atoms with Gasteiger partial charge in [0.15, 0.2) is 0 Å². The summed E-state index contributed by atoms with van der Waals surface area (Å²) in [6.45, 7) is 6.26. The Morgan fingerprint density at radius 2 is 2.16 bits per heavy atom. The van der Waals surface area contributed by atoms with Crippen LogP contribution in [-0.4, -0.2) is 19.2 Å². The maximum atomic E-state index is 6.21. The Kier molecular flexibility index (Phi) is 5.87. The molecule has 0 heterocycles. The van der Waals surface area contributed by atoms with Gasteiger partial charge in [-0.15, -0.1) is 0 Å². The lowest BCUT2D eigenvalue weighted by Crippen LogP contribution is -2.34. The van der Waals surface area contributed by atoms with Crippen molar-refractivity contribution in [3.63, 3.8) is 0 Å². The molecule has 0 saturated carbocycles. The van der Waals surface area contributed by atoms with Gasteiger partial charge in [-0.25, -0.2) is 0 Å². The van der Waals surface area contributed by atoms with Gasteiger partial charge in [0.2, 0.25) is 0 Å². The molecule has 2 atom stereocenters.